The van der Waals surface area contributed by atoms with Gasteiger partial charge >= 0.3 is 5.97 Å². The Balaban J connectivity index is 2.07. The van der Waals surface area contributed by atoms with E-state index >= 15 is 0 Å². The minimum absolute atomic E-state index is 0.115. The van der Waals surface area contributed by atoms with Crippen LogP contribution in [0.1, 0.15) is 25.7 Å². The SMILES string of the molecule is COC(=O)C[C@H](O)CCN1CCCC1. The number of rotatable bonds is 5. The molecule has 0 amide bonds. The van der Waals surface area contributed by atoms with Crippen molar-refractivity contribution in [2.24, 2.45) is 0 Å². The van der Waals surface area contributed by atoms with Crippen molar-refractivity contribution in [2.45, 2.75) is 31.8 Å². The number of carbonyl (C=O) groups is 1. The summed E-state index contributed by atoms with van der Waals surface area (Å²) in [7, 11) is 1.34. The first-order valence-electron chi connectivity index (χ1n) is 5.19. The first kappa shape index (κ1) is 11.5. The minimum atomic E-state index is -0.553. The highest BCUT2D eigenvalue weighted by molar-refractivity contribution is 5.69. The number of esters is 1. The lowest BCUT2D eigenvalue weighted by atomic mass is 10.2. The van der Waals surface area contributed by atoms with Crippen LogP contribution in [0.4, 0.5) is 0 Å². The third kappa shape index (κ3) is 4.07. The molecule has 1 aliphatic rings. The fourth-order valence-electron chi connectivity index (χ4n) is 1.72. The highest BCUT2D eigenvalue weighted by Crippen LogP contribution is 2.09. The zero-order chi connectivity index (χ0) is 10.4. The molecule has 1 rings (SSSR count). The Morgan fingerprint density at radius 3 is 2.71 bits per heavy atom. The number of nitrogens with zero attached hydrogens (tertiary/aromatic N) is 1. The maximum Gasteiger partial charge on any atom is 0.308 e. The zero-order valence-electron chi connectivity index (χ0n) is 8.74. The fraction of sp³-hybridized carbons (Fsp3) is 0.900. The van der Waals surface area contributed by atoms with Crippen molar-refractivity contribution in [3.63, 3.8) is 0 Å². The molecule has 0 saturated carbocycles. The van der Waals surface area contributed by atoms with Crippen LogP contribution < -0.4 is 0 Å². The summed E-state index contributed by atoms with van der Waals surface area (Å²) in [5.74, 6) is -0.334. The predicted octanol–water partition coefficient (Wildman–Crippen LogP) is 0.396. The highest BCUT2D eigenvalue weighted by Gasteiger charge is 2.15. The molecule has 82 valence electrons. The van der Waals surface area contributed by atoms with Crippen LogP contribution in [0.2, 0.25) is 0 Å². The third-order valence-electron chi connectivity index (χ3n) is 2.61. The molecule has 4 nitrogen and oxygen atoms in total. The van der Waals surface area contributed by atoms with Crippen molar-refractivity contribution >= 4 is 5.97 Å². The highest BCUT2D eigenvalue weighted by atomic mass is 16.5. The summed E-state index contributed by atoms with van der Waals surface area (Å²) >= 11 is 0. The van der Waals surface area contributed by atoms with Gasteiger partial charge in [-0.1, -0.05) is 0 Å². The minimum Gasteiger partial charge on any atom is -0.469 e. The molecule has 1 heterocycles. The van der Waals surface area contributed by atoms with Gasteiger partial charge in [-0.05, 0) is 32.4 Å². The first-order valence-corrected chi connectivity index (χ1v) is 5.19. The van der Waals surface area contributed by atoms with Crippen LogP contribution in [0, 0.1) is 0 Å². The molecule has 0 aromatic rings. The van der Waals surface area contributed by atoms with Gasteiger partial charge in [0.15, 0.2) is 0 Å². The van der Waals surface area contributed by atoms with Crippen molar-refractivity contribution < 1.29 is 14.6 Å². The second-order valence-electron chi connectivity index (χ2n) is 3.77. The summed E-state index contributed by atoms with van der Waals surface area (Å²) in [6.07, 6.45) is 2.74. The summed E-state index contributed by atoms with van der Waals surface area (Å²) < 4.78 is 4.48. The molecule has 1 saturated heterocycles. The van der Waals surface area contributed by atoms with Crippen LogP contribution in [0.5, 0.6) is 0 Å². The summed E-state index contributed by atoms with van der Waals surface area (Å²) in [6.45, 7) is 3.15. The molecular weight excluding hydrogens is 182 g/mol. The fourth-order valence-corrected chi connectivity index (χ4v) is 1.72. The number of likely N-dealkylation sites (tertiary alicyclic amines) is 1. The van der Waals surface area contributed by atoms with Crippen LogP contribution >= 0.6 is 0 Å². The van der Waals surface area contributed by atoms with Gasteiger partial charge in [-0.3, -0.25) is 4.79 Å². The van der Waals surface area contributed by atoms with Crippen molar-refractivity contribution in [2.75, 3.05) is 26.7 Å². The van der Waals surface area contributed by atoms with E-state index in [9.17, 15) is 9.90 Å². The van der Waals surface area contributed by atoms with E-state index in [1.807, 2.05) is 0 Å². The van der Waals surface area contributed by atoms with Crippen LogP contribution in [-0.2, 0) is 9.53 Å². The second kappa shape index (κ2) is 5.98. The summed E-state index contributed by atoms with van der Waals surface area (Å²) in [5.41, 5.74) is 0. The van der Waals surface area contributed by atoms with Crippen molar-refractivity contribution in [3.05, 3.63) is 0 Å². The Morgan fingerprint density at radius 1 is 1.50 bits per heavy atom. The number of carbonyl (C=O) groups excluding carboxylic acids is 1. The van der Waals surface area contributed by atoms with E-state index in [-0.39, 0.29) is 12.4 Å². The van der Waals surface area contributed by atoms with Gasteiger partial charge in [-0.15, -0.1) is 0 Å². The molecule has 1 atom stereocenters. The molecule has 0 aromatic heterocycles. The molecule has 1 aliphatic heterocycles. The lowest BCUT2D eigenvalue weighted by Crippen LogP contribution is -2.25. The molecule has 4 heteroatoms. The lowest BCUT2D eigenvalue weighted by Gasteiger charge is -2.16. The van der Waals surface area contributed by atoms with E-state index in [4.69, 9.17) is 0 Å². The Labute approximate surface area is 84.8 Å². The van der Waals surface area contributed by atoms with Crippen molar-refractivity contribution in [1.82, 2.24) is 4.90 Å². The van der Waals surface area contributed by atoms with Crippen LogP contribution in [0.25, 0.3) is 0 Å². The number of hydrogen-bond donors (Lipinski definition) is 1. The zero-order valence-corrected chi connectivity index (χ0v) is 8.74. The summed E-state index contributed by atoms with van der Waals surface area (Å²) in [4.78, 5) is 13.1. The van der Waals surface area contributed by atoms with Crippen molar-refractivity contribution in [3.8, 4) is 0 Å². The Hall–Kier alpha value is -0.610. The smallest absolute Gasteiger partial charge is 0.308 e. The van der Waals surface area contributed by atoms with Gasteiger partial charge in [0.2, 0.25) is 0 Å². The number of aliphatic hydroxyl groups excluding tert-OH is 1. The molecule has 14 heavy (non-hydrogen) atoms. The normalized spacial score (nSPS) is 19.6. The van der Waals surface area contributed by atoms with Gasteiger partial charge in [-0.2, -0.15) is 0 Å². The molecule has 0 unspecified atom stereocenters. The lowest BCUT2D eigenvalue weighted by molar-refractivity contribution is -0.142. The molecule has 0 aliphatic carbocycles. The number of ether oxygens (including phenoxy) is 1. The monoisotopic (exact) mass is 201 g/mol. The van der Waals surface area contributed by atoms with E-state index in [2.05, 4.69) is 9.64 Å². The maximum atomic E-state index is 10.8. The van der Waals surface area contributed by atoms with Gasteiger partial charge in [0.25, 0.3) is 0 Å². The Bertz CT molecular complexity index is 178. The van der Waals surface area contributed by atoms with Gasteiger partial charge in [0.05, 0.1) is 19.6 Å². The van der Waals surface area contributed by atoms with E-state index in [1.165, 1.54) is 20.0 Å². The van der Waals surface area contributed by atoms with Crippen LogP contribution in [0.15, 0.2) is 0 Å². The Morgan fingerprint density at radius 2 is 2.14 bits per heavy atom. The summed E-state index contributed by atoms with van der Waals surface area (Å²) in [6, 6.07) is 0. The van der Waals surface area contributed by atoms with E-state index in [0.29, 0.717) is 6.42 Å². The second-order valence-corrected chi connectivity index (χ2v) is 3.77. The maximum absolute atomic E-state index is 10.8. The van der Waals surface area contributed by atoms with Gasteiger partial charge in [-0.25, -0.2) is 0 Å². The largest absolute Gasteiger partial charge is 0.469 e. The van der Waals surface area contributed by atoms with E-state index in [1.54, 1.807) is 0 Å². The van der Waals surface area contributed by atoms with Crippen molar-refractivity contribution in [1.29, 1.82) is 0 Å². The number of aliphatic hydroxyl groups is 1. The quantitative estimate of drug-likeness (QED) is 0.654. The number of hydrogen-bond acceptors (Lipinski definition) is 4. The average molecular weight is 201 g/mol. The molecule has 1 fully saturated rings. The van der Waals surface area contributed by atoms with Gasteiger partial charge < -0.3 is 14.7 Å². The average Bonchev–Trinajstić information content (AvgIpc) is 2.67. The van der Waals surface area contributed by atoms with E-state index < -0.39 is 6.10 Å². The van der Waals surface area contributed by atoms with Gasteiger partial charge in [0.1, 0.15) is 0 Å². The topological polar surface area (TPSA) is 49.8 Å². The molecule has 0 bridgehead atoms. The molecule has 0 radical (unpaired) electrons. The summed E-state index contributed by atoms with van der Waals surface area (Å²) in [5, 5.41) is 9.48. The Kier molecular flexibility index (Phi) is 4.90. The van der Waals surface area contributed by atoms with Gasteiger partial charge in [0, 0.05) is 6.54 Å². The first-order chi connectivity index (χ1) is 6.72. The molecule has 0 spiro atoms. The van der Waals surface area contributed by atoms with Crippen LogP contribution in [0.3, 0.4) is 0 Å². The van der Waals surface area contributed by atoms with E-state index in [0.717, 1.165) is 19.6 Å². The molecular formula is C10H19NO3. The third-order valence-corrected chi connectivity index (χ3v) is 2.61. The van der Waals surface area contributed by atoms with Crippen LogP contribution in [-0.4, -0.2) is 48.8 Å². The number of methoxy groups -OCH3 is 1. The molecule has 0 aromatic carbocycles. The predicted molar refractivity (Wildman–Crippen MR) is 52.9 cm³/mol. The standard InChI is InChI=1S/C10H19NO3/c1-14-10(13)8-9(12)4-7-11-5-2-3-6-11/h9,12H,2-8H2,1H3/t9-/m1/s1. The molecule has 1 N–H and O–H groups in total.